The van der Waals surface area contributed by atoms with Gasteiger partial charge in [0.1, 0.15) is 0 Å². The fourth-order valence-corrected chi connectivity index (χ4v) is 4.08. The highest BCUT2D eigenvalue weighted by molar-refractivity contribution is 5.94. The van der Waals surface area contributed by atoms with E-state index in [1.807, 2.05) is 6.07 Å². The minimum atomic E-state index is -0.473. The Kier molecular flexibility index (Phi) is 5.07. The first-order valence-corrected chi connectivity index (χ1v) is 9.61. The summed E-state index contributed by atoms with van der Waals surface area (Å²) in [6.45, 7) is 1.54. The first kappa shape index (κ1) is 19.8. The molecule has 8 nitrogen and oxygen atoms in total. The van der Waals surface area contributed by atoms with E-state index in [9.17, 15) is 14.4 Å². The van der Waals surface area contributed by atoms with Crippen molar-refractivity contribution < 1.29 is 23.8 Å². The van der Waals surface area contributed by atoms with Gasteiger partial charge in [-0.3, -0.25) is 14.4 Å². The molecule has 0 saturated heterocycles. The average molecular weight is 410 g/mol. The Morgan fingerprint density at radius 1 is 1.20 bits per heavy atom. The van der Waals surface area contributed by atoms with Crippen LogP contribution in [0.25, 0.3) is 11.1 Å². The summed E-state index contributed by atoms with van der Waals surface area (Å²) in [4.78, 5) is 36.9. The van der Waals surface area contributed by atoms with E-state index in [4.69, 9.17) is 14.2 Å². The number of ether oxygens (including phenoxy) is 3. The minimum absolute atomic E-state index is 0.0217. The number of amides is 2. The first-order valence-electron chi connectivity index (χ1n) is 9.61. The van der Waals surface area contributed by atoms with E-state index in [2.05, 4.69) is 10.6 Å². The van der Waals surface area contributed by atoms with Crippen LogP contribution in [-0.2, 0) is 11.2 Å². The van der Waals surface area contributed by atoms with E-state index in [1.165, 1.54) is 26.1 Å². The topological polar surface area (TPSA) is 103 Å². The van der Waals surface area contributed by atoms with Crippen LogP contribution in [0.15, 0.2) is 29.1 Å². The Balaban J connectivity index is 2.05. The maximum absolute atomic E-state index is 12.8. The van der Waals surface area contributed by atoms with Crippen molar-refractivity contribution in [3.8, 4) is 28.4 Å². The lowest BCUT2D eigenvalue weighted by Crippen LogP contribution is -2.27. The summed E-state index contributed by atoms with van der Waals surface area (Å²) < 4.78 is 16.9. The molecule has 1 atom stereocenters. The molecule has 4 rings (SSSR count). The van der Waals surface area contributed by atoms with E-state index in [1.54, 1.807) is 13.2 Å². The van der Waals surface area contributed by atoms with Crippen LogP contribution in [0.2, 0.25) is 0 Å². The number of aryl methyl sites for hydroxylation is 1. The van der Waals surface area contributed by atoms with Gasteiger partial charge in [-0.2, -0.15) is 0 Å². The zero-order chi connectivity index (χ0) is 21.4. The number of nitrogens with one attached hydrogen (secondary N) is 2. The summed E-state index contributed by atoms with van der Waals surface area (Å²) in [5.41, 5.74) is 2.64. The predicted octanol–water partition coefficient (Wildman–Crippen LogP) is 1.93. The van der Waals surface area contributed by atoms with Crippen molar-refractivity contribution in [2.24, 2.45) is 0 Å². The third-order valence-electron chi connectivity index (χ3n) is 5.38. The number of hydrogen-bond acceptors (Lipinski definition) is 6. The SMILES string of the molecule is CNC(=O)c1ccc2c(cc1=O)[C@@H](NC(C)=O)CCc1cc3c(c(OC)c1-2)OCO3. The average Bonchev–Trinajstić information content (AvgIpc) is 3.06. The summed E-state index contributed by atoms with van der Waals surface area (Å²) in [6.07, 6.45) is 1.20. The third kappa shape index (κ3) is 3.24. The Morgan fingerprint density at radius 2 is 2.00 bits per heavy atom. The standard InChI is InChI=1S/C22H22N2O6/c1-11(25)24-16-7-4-12-8-18-20(30-10-29-18)21(28-3)19(12)13-5-6-14(22(27)23-2)17(26)9-15(13)16/h5-6,8-9,16H,4,7,10H2,1-3H3,(H,23,27)(H,24,25)/t16-/m0/s1. The van der Waals surface area contributed by atoms with E-state index < -0.39 is 17.4 Å². The second-order valence-corrected chi connectivity index (χ2v) is 7.17. The van der Waals surface area contributed by atoms with Crippen molar-refractivity contribution in [2.45, 2.75) is 25.8 Å². The molecule has 2 aromatic carbocycles. The van der Waals surface area contributed by atoms with Crippen molar-refractivity contribution in [3.63, 3.8) is 0 Å². The van der Waals surface area contributed by atoms with Gasteiger partial charge in [0, 0.05) is 19.5 Å². The molecule has 156 valence electrons. The number of carbonyl (C=O) groups excluding carboxylic acids is 2. The molecule has 0 aromatic heterocycles. The molecule has 1 aliphatic heterocycles. The van der Waals surface area contributed by atoms with Gasteiger partial charge in [0.15, 0.2) is 16.9 Å². The van der Waals surface area contributed by atoms with Crippen LogP contribution in [0.1, 0.15) is 40.9 Å². The molecule has 0 bridgehead atoms. The van der Waals surface area contributed by atoms with Crippen LogP contribution in [0.4, 0.5) is 0 Å². The number of hydrogen-bond donors (Lipinski definition) is 2. The fourth-order valence-electron chi connectivity index (χ4n) is 4.08. The van der Waals surface area contributed by atoms with Gasteiger partial charge < -0.3 is 24.8 Å². The molecule has 30 heavy (non-hydrogen) atoms. The summed E-state index contributed by atoms with van der Waals surface area (Å²) in [5.74, 6) is 0.925. The smallest absolute Gasteiger partial charge is 0.254 e. The van der Waals surface area contributed by atoms with Gasteiger partial charge in [0.2, 0.25) is 18.4 Å². The van der Waals surface area contributed by atoms with Gasteiger partial charge in [-0.1, -0.05) is 6.07 Å². The number of benzene rings is 1. The van der Waals surface area contributed by atoms with Crippen LogP contribution < -0.4 is 30.3 Å². The normalized spacial score (nSPS) is 16.0. The van der Waals surface area contributed by atoms with Crippen LogP contribution >= 0.6 is 0 Å². The molecule has 0 radical (unpaired) electrons. The first-order chi connectivity index (χ1) is 14.4. The molecule has 2 amide bonds. The van der Waals surface area contributed by atoms with Gasteiger partial charge in [0.05, 0.1) is 18.7 Å². The summed E-state index contributed by atoms with van der Waals surface area (Å²) in [6, 6.07) is 6.17. The maximum atomic E-state index is 12.8. The molecule has 8 heteroatoms. The van der Waals surface area contributed by atoms with Crippen molar-refractivity contribution in [3.05, 3.63) is 51.2 Å². The minimum Gasteiger partial charge on any atom is -0.492 e. The van der Waals surface area contributed by atoms with E-state index >= 15 is 0 Å². The molecular weight excluding hydrogens is 388 g/mol. The number of rotatable bonds is 3. The van der Waals surface area contributed by atoms with E-state index in [-0.39, 0.29) is 18.3 Å². The van der Waals surface area contributed by atoms with Crippen molar-refractivity contribution in [1.82, 2.24) is 10.6 Å². The van der Waals surface area contributed by atoms with Crippen LogP contribution in [0, 0.1) is 0 Å². The summed E-state index contributed by atoms with van der Waals surface area (Å²) >= 11 is 0. The highest BCUT2D eigenvalue weighted by Gasteiger charge is 2.31. The number of methoxy groups -OCH3 is 1. The second-order valence-electron chi connectivity index (χ2n) is 7.17. The summed E-state index contributed by atoms with van der Waals surface area (Å²) in [5, 5.41) is 5.42. The molecule has 0 unspecified atom stereocenters. The van der Waals surface area contributed by atoms with Crippen LogP contribution in [-0.4, -0.2) is 32.8 Å². The largest absolute Gasteiger partial charge is 0.492 e. The number of carbonyl (C=O) groups is 2. The van der Waals surface area contributed by atoms with Crippen LogP contribution in [0.5, 0.6) is 17.2 Å². The third-order valence-corrected chi connectivity index (χ3v) is 5.38. The molecule has 1 aliphatic carbocycles. The zero-order valence-corrected chi connectivity index (χ0v) is 17.0. The van der Waals surface area contributed by atoms with Crippen molar-refractivity contribution in [2.75, 3.05) is 21.0 Å². The highest BCUT2D eigenvalue weighted by atomic mass is 16.7. The molecule has 2 N–H and O–H groups in total. The van der Waals surface area contributed by atoms with Crippen molar-refractivity contribution >= 4 is 11.8 Å². The molecule has 0 spiro atoms. The Hall–Kier alpha value is -3.55. The van der Waals surface area contributed by atoms with E-state index in [0.717, 1.165) is 11.1 Å². The van der Waals surface area contributed by atoms with Gasteiger partial charge in [-0.05, 0) is 47.7 Å². The number of fused-ring (bicyclic) bond motifs is 4. The molecular formula is C22H22N2O6. The van der Waals surface area contributed by atoms with Gasteiger partial charge >= 0.3 is 0 Å². The lowest BCUT2D eigenvalue weighted by Gasteiger charge is -2.18. The molecule has 0 saturated carbocycles. The monoisotopic (exact) mass is 410 g/mol. The molecule has 0 fully saturated rings. The maximum Gasteiger partial charge on any atom is 0.254 e. The van der Waals surface area contributed by atoms with Gasteiger partial charge in [-0.25, -0.2) is 0 Å². The molecule has 1 heterocycles. The Bertz CT molecular complexity index is 1110. The Morgan fingerprint density at radius 3 is 2.70 bits per heavy atom. The summed E-state index contributed by atoms with van der Waals surface area (Å²) in [7, 11) is 3.02. The van der Waals surface area contributed by atoms with Gasteiger partial charge in [0.25, 0.3) is 5.91 Å². The molecule has 2 aliphatic rings. The predicted molar refractivity (Wildman–Crippen MR) is 109 cm³/mol. The van der Waals surface area contributed by atoms with Crippen LogP contribution in [0.3, 0.4) is 0 Å². The quantitative estimate of drug-likeness (QED) is 0.802. The highest BCUT2D eigenvalue weighted by Crippen LogP contribution is 2.51. The lowest BCUT2D eigenvalue weighted by molar-refractivity contribution is -0.119. The fraction of sp³-hybridized carbons (Fsp3) is 0.318. The zero-order valence-electron chi connectivity index (χ0n) is 17.0. The Labute approximate surface area is 173 Å². The van der Waals surface area contributed by atoms with E-state index in [0.29, 0.717) is 41.2 Å². The van der Waals surface area contributed by atoms with Crippen molar-refractivity contribution in [1.29, 1.82) is 0 Å². The molecule has 2 aromatic rings. The van der Waals surface area contributed by atoms with Gasteiger partial charge in [-0.15, -0.1) is 0 Å². The second kappa shape index (κ2) is 7.70. The lowest BCUT2D eigenvalue weighted by atomic mass is 9.95.